The quantitative estimate of drug-likeness (QED) is 0.663. The summed E-state index contributed by atoms with van der Waals surface area (Å²) < 4.78 is 7.49. The molecular weight excluding hydrogens is 380 g/mol. The summed E-state index contributed by atoms with van der Waals surface area (Å²) in [6.07, 6.45) is 8.12. The Morgan fingerprint density at radius 3 is 3.00 bits per heavy atom. The van der Waals surface area contributed by atoms with Gasteiger partial charge in [-0.2, -0.15) is 0 Å². The van der Waals surface area contributed by atoms with Crippen molar-refractivity contribution in [2.24, 2.45) is 7.05 Å². The van der Waals surface area contributed by atoms with E-state index in [1.54, 1.807) is 37.4 Å². The number of pyridine rings is 1. The van der Waals surface area contributed by atoms with Crippen molar-refractivity contribution in [2.45, 2.75) is 19.4 Å². The number of amides is 2. The third-order valence-corrected chi connectivity index (χ3v) is 5.34. The first kappa shape index (κ1) is 19.7. The molecule has 2 aromatic heterocycles. The number of nitrogens with one attached hydrogen (secondary N) is 1. The van der Waals surface area contributed by atoms with E-state index >= 15 is 0 Å². The number of para-hydroxylation sites is 1. The molecule has 1 aliphatic heterocycles. The highest BCUT2D eigenvalue weighted by Gasteiger charge is 2.16. The molecule has 0 atom stereocenters. The molecule has 0 fully saturated rings. The summed E-state index contributed by atoms with van der Waals surface area (Å²) >= 11 is 0. The van der Waals surface area contributed by atoms with E-state index in [1.165, 1.54) is 0 Å². The SMILES string of the molecule is COc1cccc2c(CN(C)C(=O)C=Cc3cnc4c(c3)CCC(=O)N4)cn(C)c12. The standard InChI is InChI=1S/C23H24N4O3/c1-26(13-17-14-27(2)22-18(17)5-4-6-19(22)30-3)21(29)10-7-15-11-16-8-9-20(28)25-23(16)24-12-15/h4-7,10-12,14H,8-9,13H2,1-3H3,(H,24,25,28). The molecule has 0 bridgehead atoms. The van der Waals surface area contributed by atoms with Gasteiger partial charge in [0.1, 0.15) is 11.6 Å². The van der Waals surface area contributed by atoms with Gasteiger partial charge < -0.3 is 19.5 Å². The molecule has 154 valence electrons. The fraction of sp³-hybridized carbons (Fsp3) is 0.261. The number of likely N-dealkylation sites (N-methyl/N-ethyl adjacent to an activating group) is 1. The van der Waals surface area contributed by atoms with Crippen LogP contribution in [0.2, 0.25) is 0 Å². The van der Waals surface area contributed by atoms with E-state index in [9.17, 15) is 9.59 Å². The zero-order valence-corrected chi connectivity index (χ0v) is 17.3. The summed E-state index contributed by atoms with van der Waals surface area (Å²) in [5, 5.41) is 3.83. The Bertz CT molecular complexity index is 1160. The lowest BCUT2D eigenvalue weighted by atomic mass is 10.0. The molecule has 0 radical (unpaired) electrons. The minimum absolute atomic E-state index is 0.0128. The first-order chi connectivity index (χ1) is 14.5. The van der Waals surface area contributed by atoms with Gasteiger partial charge in [0.15, 0.2) is 0 Å². The predicted octanol–water partition coefficient (Wildman–Crippen LogP) is 3.14. The Morgan fingerprint density at radius 1 is 1.37 bits per heavy atom. The van der Waals surface area contributed by atoms with Crippen molar-refractivity contribution in [2.75, 3.05) is 19.5 Å². The summed E-state index contributed by atoms with van der Waals surface area (Å²) in [5.74, 6) is 1.31. The van der Waals surface area contributed by atoms with Crippen molar-refractivity contribution in [3.63, 3.8) is 0 Å². The lowest BCUT2D eigenvalue weighted by Gasteiger charge is -2.16. The summed E-state index contributed by atoms with van der Waals surface area (Å²) in [6.45, 7) is 0.488. The van der Waals surface area contributed by atoms with Crippen LogP contribution in [0, 0.1) is 0 Å². The number of aryl methyl sites for hydroxylation is 2. The molecule has 3 aromatic rings. The van der Waals surface area contributed by atoms with Crippen LogP contribution in [0.25, 0.3) is 17.0 Å². The largest absolute Gasteiger partial charge is 0.495 e. The molecule has 1 N–H and O–H groups in total. The lowest BCUT2D eigenvalue weighted by molar-refractivity contribution is -0.125. The molecule has 0 aliphatic carbocycles. The summed E-state index contributed by atoms with van der Waals surface area (Å²) in [7, 11) is 5.42. The van der Waals surface area contributed by atoms with Gasteiger partial charge in [-0.25, -0.2) is 4.98 Å². The number of rotatable bonds is 5. The second kappa shape index (κ2) is 8.02. The third kappa shape index (κ3) is 3.78. The highest BCUT2D eigenvalue weighted by Crippen LogP contribution is 2.29. The van der Waals surface area contributed by atoms with Gasteiger partial charge in [0.05, 0.1) is 12.6 Å². The van der Waals surface area contributed by atoms with Crippen LogP contribution in [-0.4, -0.2) is 40.4 Å². The Balaban J connectivity index is 1.48. The minimum Gasteiger partial charge on any atom is -0.495 e. The summed E-state index contributed by atoms with van der Waals surface area (Å²) in [4.78, 5) is 30.1. The molecule has 0 saturated carbocycles. The second-order valence-electron chi connectivity index (χ2n) is 7.47. The zero-order valence-electron chi connectivity index (χ0n) is 17.3. The molecule has 1 aromatic carbocycles. The number of anilines is 1. The highest BCUT2D eigenvalue weighted by molar-refractivity contribution is 5.94. The van der Waals surface area contributed by atoms with Crippen LogP contribution in [0.4, 0.5) is 5.82 Å². The molecule has 2 amide bonds. The molecule has 7 nitrogen and oxygen atoms in total. The monoisotopic (exact) mass is 404 g/mol. The maximum absolute atomic E-state index is 12.6. The highest BCUT2D eigenvalue weighted by atomic mass is 16.5. The fourth-order valence-electron chi connectivity index (χ4n) is 3.80. The van der Waals surface area contributed by atoms with Crippen LogP contribution in [0.5, 0.6) is 5.75 Å². The van der Waals surface area contributed by atoms with Crippen molar-refractivity contribution in [1.29, 1.82) is 0 Å². The second-order valence-corrected chi connectivity index (χ2v) is 7.47. The van der Waals surface area contributed by atoms with Gasteiger partial charge in [-0.1, -0.05) is 12.1 Å². The number of aromatic nitrogens is 2. The average Bonchev–Trinajstić information content (AvgIpc) is 3.07. The number of ether oxygens (including phenoxy) is 1. The number of hydrogen-bond donors (Lipinski definition) is 1. The zero-order chi connectivity index (χ0) is 21.3. The van der Waals surface area contributed by atoms with Crippen LogP contribution in [-0.2, 0) is 29.6 Å². The van der Waals surface area contributed by atoms with E-state index < -0.39 is 0 Å². The van der Waals surface area contributed by atoms with E-state index in [1.807, 2.05) is 42.1 Å². The maximum atomic E-state index is 12.6. The molecule has 3 heterocycles. The molecule has 0 spiro atoms. The Kier molecular flexibility index (Phi) is 5.27. The maximum Gasteiger partial charge on any atom is 0.246 e. The van der Waals surface area contributed by atoms with E-state index in [2.05, 4.69) is 10.3 Å². The smallest absolute Gasteiger partial charge is 0.246 e. The number of carbonyl (C=O) groups excluding carboxylic acids is 2. The van der Waals surface area contributed by atoms with Gasteiger partial charge in [-0.05, 0) is 41.3 Å². The van der Waals surface area contributed by atoms with Gasteiger partial charge in [-0.15, -0.1) is 0 Å². The molecule has 0 unspecified atom stereocenters. The van der Waals surface area contributed by atoms with Gasteiger partial charge in [0.25, 0.3) is 0 Å². The molecular formula is C23H24N4O3. The van der Waals surface area contributed by atoms with E-state index in [-0.39, 0.29) is 11.8 Å². The Labute approximate surface area is 175 Å². The van der Waals surface area contributed by atoms with Crippen molar-refractivity contribution in [3.05, 3.63) is 59.4 Å². The third-order valence-electron chi connectivity index (χ3n) is 5.34. The molecule has 1 aliphatic rings. The first-order valence-corrected chi connectivity index (χ1v) is 9.79. The van der Waals surface area contributed by atoms with Crippen molar-refractivity contribution in [1.82, 2.24) is 14.5 Å². The van der Waals surface area contributed by atoms with Gasteiger partial charge in [0.2, 0.25) is 11.8 Å². The topological polar surface area (TPSA) is 76.5 Å². The minimum atomic E-state index is -0.0964. The number of benzene rings is 1. The van der Waals surface area contributed by atoms with Gasteiger partial charge >= 0.3 is 0 Å². The van der Waals surface area contributed by atoms with Gasteiger partial charge in [-0.3, -0.25) is 9.59 Å². The molecule has 0 saturated heterocycles. The van der Waals surface area contributed by atoms with Gasteiger partial charge in [0, 0.05) is 50.9 Å². The summed E-state index contributed by atoms with van der Waals surface area (Å²) in [5.41, 5.74) is 3.89. The van der Waals surface area contributed by atoms with Crippen molar-refractivity contribution >= 4 is 34.6 Å². The Hall–Kier alpha value is -3.61. The normalized spacial score (nSPS) is 13.4. The van der Waals surface area contributed by atoms with Crippen LogP contribution in [0.1, 0.15) is 23.1 Å². The molecule has 30 heavy (non-hydrogen) atoms. The number of carbonyl (C=O) groups is 2. The van der Waals surface area contributed by atoms with E-state index in [0.717, 1.165) is 33.3 Å². The van der Waals surface area contributed by atoms with E-state index in [4.69, 9.17) is 4.74 Å². The lowest BCUT2D eigenvalue weighted by Crippen LogP contribution is -2.24. The van der Waals surface area contributed by atoms with Crippen molar-refractivity contribution in [3.8, 4) is 5.75 Å². The fourth-order valence-corrected chi connectivity index (χ4v) is 3.80. The average molecular weight is 404 g/mol. The van der Waals surface area contributed by atoms with Crippen LogP contribution in [0.15, 0.2) is 42.7 Å². The molecule has 4 rings (SSSR count). The van der Waals surface area contributed by atoms with Crippen LogP contribution in [0.3, 0.4) is 0 Å². The van der Waals surface area contributed by atoms with Crippen LogP contribution >= 0.6 is 0 Å². The van der Waals surface area contributed by atoms with Crippen molar-refractivity contribution < 1.29 is 14.3 Å². The van der Waals surface area contributed by atoms with E-state index in [0.29, 0.717) is 25.2 Å². The Morgan fingerprint density at radius 2 is 2.20 bits per heavy atom. The summed E-state index contributed by atoms with van der Waals surface area (Å²) in [6, 6.07) is 7.89. The number of nitrogens with zero attached hydrogens (tertiary/aromatic N) is 3. The number of fused-ring (bicyclic) bond motifs is 2. The number of hydrogen-bond acceptors (Lipinski definition) is 4. The van der Waals surface area contributed by atoms with Crippen LogP contribution < -0.4 is 10.1 Å². The predicted molar refractivity (Wildman–Crippen MR) is 116 cm³/mol. The first-order valence-electron chi connectivity index (χ1n) is 9.79. The molecule has 7 heteroatoms. The number of methoxy groups -OCH3 is 1.